The highest BCUT2D eigenvalue weighted by Crippen LogP contribution is 2.23. The molecule has 1 atom stereocenters. The van der Waals surface area contributed by atoms with Crippen molar-refractivity contribution in [3.05, 3.63) is 53.5 Å². The molecule has 4 rings (SSSR count). The summed E-state index contributed by atoms with van der Waals surface area (Å²) in [5.74, 6) is 3.59. The Morgan fingerprint density at radius 1 is 1.32 bits per heavy atom. The number of rotatable bonds is 8. The van der Waals surface area contributed by atoms with E-state index in [2.05, 4.69) is 55.9 Å². The van der Waals surface area contributed by atoms with Gasteiger partial charge in [-0.15, -0.1) is 0 Å². The van der Waals surface area contributed by atoms with Gasteiger partial charge in [-0.2, -0.15) is 5.10 Å². The maximum atomic E-state index is 6.17. The van der Waals surface area contributed by atoms with E-state index in [1.807, 2.05) is 12.1 Å². The molecule has 0 bridgehead atoms. The smallest absolute Gasteiger partial charge is 0.216 e. The van der Waals surface area contributed by atoms with E-state index >= 15 is 0 Å². The number of ether oxygens (including phenoxy) is 2. The molecule has 1 fully saturated rings. The molecule has 1 aliphatic rings. The van der Waals surface area contributed by atoms with E-state index in [-0.39, 0.29) is 6.10 Å². The molecule has 9 heteroatoms. The number of nitrogens with one attached hydrogen (secondary N) is 3. The molecule has 1 aliphatic heterocycles. The van der Waals surface area contributed by atoms with Crippen molar-refractivity contribution in [1.29, 1.82) is 0 Å². The number of aryl methyl sites for hydroxylation is 1. The fourth-order valence-corrected chi connectivity index (χ4v) is 3.32. The van der Waals surface area contributed by atoms with Crippen LogP contribution in [0.4, 0.5) is 0 Å². The molecule has 9 nitrogen and oxygen atoms in total. The first kappa shape index (κ1) is 20.9. The fraction of sp³-hybridized carbons (Fsp3) is 0.409. The Morgan fingerprint density at radius 2 is 2.26 bits per heavy atom. The number of aromatic amines is 1. The predicted octanol–water partition coefficient (Wildman–Crippen LogP) is 2.45. The fourth-order valence-electron chi connectivity index (χ4n) is 3.32. The monoisotopic (exact) mass is 424 g/mol. The van der Waals surface area contributed by atoms with Gasteiger partial charge in [-0.05, 0) is 30.7 Å². The summed E-state index contributed by atoms with van der Waals surface area (Å²) in [4.78, 5) is 8.75. The zero-order valence-corrected chi connectivity index (χ0v) is 17.9. The average Bonchev–Trinajstić information content (AvgIpc) is 3.54. The van der Waals surface area contributed by atoms with Crippen LogP contribution in [0.5, 0.6) is 5.75 Å². The summed E-state index contributed by atoms with van der Waals surface area (Å²) < 4.78 is 16.9. The number of H-pyrrole nitrogens is 1. The van der Waals surface area contributed by atoms with Gasteiger partial charge in [0.1, 0.15) is 17.7 Å². The van der Waals surface area contributed by atoms with Crippen molar-refractivity contribution in [1.82, 2.24) is 25.8 Å². The van der Waals surface area contributed by atoms with Gasteiger partial charge < -0.3 is 24.5 Å². The summed E-state index contributed by atoms with van der Waals surface area (Å²) in [6.45, 7) is 4.73. The highest BCUT2D eigenvalue weighted by atomic mass is 16.5. The minimum atomic E-state index is 0.117. The predicted molar refractivity (Wildman–Crippen MR) is 117 cm³/mol. The third-order valence-corrected chi connectivity index (χ3v) is 5.00. The molecule has 0 spiro atoms. The van der Waals surface area contributed by atoms with Crippen molar-refractivity contribution < 1.29 is 13.9 Å². The van der Waals surface area contributed by atoms with Gasteiger partial charge in [-0.1, -0.05) is 12.1 Å². The molecule has 0 radical (unpaired) electrons. The number of aromatic nitrogens is 3. The molecule has 3 N–H and O–H groups in total. The lowest BCUT2D eigenvalue weighted by molar-refractivity contribution is 0.140. The molecule has 0 saturated carbocycles. The van der Waals surface area contributed by atoms with Crippen LogP contribution in [0.1, 0.15) is 23.4 Å². The second kappa shape index (κ2) is 10.1. The molecule has 164 valence electrons. The van der Waals surface area contributed by atoms with Gasteiger partial charge in [0.2, 0.25) is 5.82 Å². The third kappa shape index (κ3) is 5.64. The highest BCUT2D eigenvalue weighted by Gasteiger charge is 2.19. The maximum absolute atomic E-state index is 6.17. The standard InChI is InChI=1S/C22H28N6O3/c1-15-5-6-16(19(12-15)31-17-8-11-29-14-17)13-25-22(23-2)24-9-7-20-26-21(28-27-20)18-4-3-10-30-18/h3-6,10,12,17H,7-9,11,13-14H2,1-2H3,(H2,23,24,25)(H,26,27,28). The van der Waals surface area contributed by atoms with E-state index in [1.165, 1.54) is 5.56 Å². The third-order valence-electron chi connectivity index (χ3n) is 5.00. The van der Waals surface area contributed by atoms with Crippen LogP contribution in [-0.2, 0) is 17.7 Å². The van der Waals surface area contributed by atoms with Gasteiger partial charge in [0, 0.05) is 38.5 Å². The minimum absolute atomic E-state index is 0.117. The van der Waals surface area contributed by atoms with Crippen LogP contribution in [0.15, 0.2) is 46.0 Å². The maximum Gasteiger partial charge on any atom is 0.216 e. The molecule has 3 aromatic rings. The Hall–Kier alpha value is -3.33. The lowest BCUT2D eigenvalue weighted by Gasteiger charge is -2.18. The molecule has 1 unspecified atom stereocenters. The number of hydrogen-bond acceptors (Lipinski definition) is 6. The lowest BCUT2D eigenvalue weighted by Crippen LogP contribution is -2.38. The number of aliphatic imine (C=N–C) groups is 1. The molecular formula is C22H28N6O3. The molecule has 1 aromatic carbocycles. The molecular weight excluding hydrogens is 396 g/mol. The van der Waals surface area contributed by atoms with Crippen LogP contribution >= 0.6 is 0 Å². The molecule has 1 saturated heterocycles. The summed E-state index contributed by atoms with van der Waals surface area (Å²) in [6, 6.07) is 9.90. The Morgan fingerprint density at radius 3 is 3.03 bits per heavy atom. The first-order valence-electron chi connectivity index (χ1n) is 10.4. The molecule has 0 amide bonds. The van der Waals surface area contributed by atoms with Crippen molar-refractivity contribution in [2.24, 2.45) is 4.99 Å². The zero-order valence-electron chi connectivity index (χ0n) is 17.9. The van der Waals surface area contributed by atoms with E-state index in [9.17, 15) is 0 Å². The van der Waals surface area contributed by atoms with Gasteiger partial charge in [0.15, 0.2) is 11.7 Å². The Kier molecular flexibility index (Phi) is 6.83. The van der Waals surface area contributed by atoms with Crippen LogP contribution in [-0.4, -0.2) is 54.1 Å². The number of guanidine groups is 1. The van der Waals surface area contributed by atoms with E-state index < -0.39 is 0 Å². The number of furan rings is 1. The first-order valence-corrected chi connectivity index (χ1v) is 10.4. The van der Waals surface area contributed by atoms with E-state index in [1.54, 1.807) is 13.3 Å². The van der Waals surface area contributed by atoms with Crippen molar-refractivity contribution in [2.75, 3.05) is 26.8 Å². The zero-order chi connectivity index (χ0) is 21.5. The normalized spacial score (nSPS) is 16.5. The first-order chi connectivity index (χ1) is 15.2. The van der Waals surface area contributed by atoms with Crippen LogP contribution in [0.25, 0.3) is 11.6 Å². The van der Waals surface area contributed by atoms with E-state index in [0.29, 0.717) is 43.7 Å². The molecule has 3 heterocycles. The second-order valence-electron chi connectivity index (χ2n) is 7.40. The second-order valence-corrected chi connectivity index (χ2v) is 7.40. The number of benzene rings is 1. The topological polar surface area (TPSA) is 110 Å². The summed E-state index contributed by atoms with van der Waals surface area (Å²) in [5.41, 5.74) is 2.25. The Bertz CT molecular complexity index is 993. The van der Waals surface area contributed by atoms with Crippen molar-refractivity contribution in [2.45, 2.75) is 32.4 Å². The summed E-state index contributed by atoms with van der Waals surface area (Å²) in [5, 5.41) is 13.8. The van der Waals surface area contributed by atoms with Crippen molar-refractivity contribution >= 4 is 5.96 Å². The minimum Gasteiger partial charge on any atom is -0.488 e. The summed E-state index contributed by atoms with van der Waals surface area (Å²) in [6.07, 6.45) is 3.32. The van der Waals surface area contributed by atoms with E-state index in [0.717, 1.165) is 30.2 Å². The van der Waals surface area contributed by atoms with Crippen LogP contribution in [0, 0.1) is 6.92 Å². The van der Waals surface area contributed by atoms with Gasteiger partial charge in [0.25, 0.3) is 0 Å². The largest absolute Gasteiger partial charge is 0.488 e. The Labute approximate surface area is 181 Å². The SMILES string of the molecule is CN=C(NCCc1nc(-c2ccco2)n[nH]1)NCc1ccc(C)cc1OC1CCOC1. The van der Waals surface area contributed by atoms with Crippen LogP contribution in [0.3, 0.4) is 0 Å². The number of hydrogen-bond donors (Lipinski definition) is 3. The van der Waals surface area contributed by atoms with E-state index in [4.69, 9.17) is 13.9 Å². The van der Waals surface area contributed by atoms with Gasteiger partial charge in [-0.3, -0.25) is 10.1 Å². The Balaban J connectivity index is 1.28. The molecule has 2 aromatic heterocycles. The quantitative estimate of drug-likeness (QED) is 0.376. The van der Waals surface area contributed by atoms with Crippen LogP contribution < -0.4 is 15.4 Å². The number of nitrogens with zero attached hydrogens (tertiary/aromatic N) is 3. The summed E-state index contributed by atoms with van der Waals surface area (Å²) >= 11 is 0. The van der Waals surface area contributed by atoms with Gasteiger partial charge in [0.05, 0.1) is 19.5 Å². The van der Waals surface area contributed by atoms with Gasteiger partial charge in [-0.25, -0.2) is 4.98 Å². The molecule has 0 aliphatic carbocycles. The van der Waals surface area contributed by atoms with Crippen molar-refractivity contribution in [3.63, 3.8) is 0 Å². The highest BCUT2D eigenvalue weighted by molar-refractivity contribution is 5.79. The summed E-state index contributed by atoms with van der Waals surface area (Å²) in [7, 11) is 1.75. The van der Waals surface area contributed by atoms with Crippen LogP contribution in [0.2, 0.25) is 0 Å². The lowest BCUT2D eigenvalue weighted by atomic mass is 10.1. The van der Waals surface area contributed by atoms with Gasteiger partial charge >= 0.3 is 0 Å². The average molecular weight is 425 g/mol. The molecule has 31 heavy (non-hydrogen) atoms. The van der Waals surface area contributed by atoms with Crippen molar-refractivity contribution in [3.8, 4) is 17.3 Å².